The summed E-state index contributed by atoms with van der Waals surface area (Å²) in [6.45, 7) is 2.62. The van der Waals surface area contributed by atoms with E-state index in [1.165, 1.54) is 42.7 Å². The molecular weight excluding hydrogens is 416 g/mol. The fraction of sp³-hybridized carbons (Fsp3) is 0.136. The Bertz CT molecular complexity index is 1150. The second-order valence-corrected chi connectivity index (χ2v) is 8.09. The quantitative estimate of drug-likeness (QED) is 0.493. The maximum Gasteiger partial charge on any atom is 0.264 e. The first-order chi connectivity index (χ1) is 15.0. The third kappa shape index (κ3) is 6.38. The van der Waals surface area contributed by atoms with Gasteiger partial charge in [-0.1, -0.05) is 25.1 Å². The molecule has 0 radical (unpaired) electrons. The van der Waals surface area contributed by atoms with Crippen LogP contribution in [0.15, 0.2) is 78.0 Å². The minimum Gasteiger partial charge on any atom is -0.493 e. The summed E-state index contributed by atoms with van der Waals surface area (Å²) in [5.74, 6) is 0.336. The normalized spacial score (nSPS) is 11.3. The fourth-order valence-corrected chi connectivity index (χ4v) is 3.52. The first-order valence-electron chi connectivity index (χ1n) is 9.59. The average molecular weight is 439 g/mol. The predicted octanol–water partition coefficient (Wildman–Crippen LogP) is 3.72. The third-order valence-electron chi connectivity index (χ3n) is 4.02. The summed E-state index contributed by atoms with van der Waals surface area (Å²) in [5, 5.41) is 2.70. The highest BCUT2D eigenvalue weighted by Gasteiger charge is 2.15. The summed E-state index contributed by atoms with van der Waals surface area (Å²) in [7, 11) is -3.83. The lowest BCUT2D eigenvalue weighted by atomic mass is 10.2. The van der Waals surface area contributed by atoms with Crippen LogP contribution in [0.25, 0.3) is 6.08 Å². The Balaban J connectivity index is 1.63. The summed E-state index contributed by atoms with van der Waals surface area (Å²) >= 11 is 0. The van der Waals surface area contributed by atoms with Crippen molar-refractivity contribution < 1.29 is 17.9 Å². The molecule has 0 bridgehead atoms. The van der Waals surface area contributed by atoms with Crippen molar-refractivity contribution in [3.8, 4) is 5.75 Å². The number of hydrogen-bond donors (Lipinski definition) is 2. The molecule has 9 heteroatoms. The molecule has 0 unspecified atom stereocenters. The van der Waals surface area contributed by atoms with Crippen molar-refractivity contribution in [1.29, 1.82) is 0 Å². The Labute approximate surface area is 181 Å². The number of para-hydroxylation sites is 1. The van der Waals surface area contributed by atoms with Crippen LogP contribution in [0.3, 0.4) is 0 Å². The summed E-state index contributed by atoms with van der Waals surface area (Å²) in [4.78, 5) is 20.0. The number of nitrogens with one attached hydrogen (secondary N) is 2. The van der Waals surface area contributed by atoms with E-state index < -0.39 is 10.0 Å². The van der Waals surface area contributed by atoms with Crippen molar-refractivity contribution in [2.24, 2.45) is 0 Å². The zero-order valence-electron chi connectivity index (χ0n) is 16.9. The Morgan fingerprint density at radius 3 is 2.45 bits per heavy atom. The molecule has 3 rings (SSSR count). The predicted molar refractivity (Wildman–Crippen MR) is 119 cm³/mol. The van der Waals surface area contributed by atoms with Gasteiger partial charge in [0.15, 0.2) is 0 Å². The van der Waals surface area contributed by atoms with E-state index in [1.54, 1.807) is 12.1 Å². The molecule has 1 aromatic heterocycles. The van der Waals surface area contributed by atoms with E-state index >= 15 is 0 Å². The van der Waals surface area contributed by atoms with Crippen molar-refractivity contribution in [3.63, 3.8) is 0 Å². The zero-order chi connectivity index (χ0) is 22.1. The SMILES string of the molecule is CCCOc1ccccc1/C=C/C(=O)Nc1ccc(S(=O)(=O)Nc2ncccn2)cc1. The number of nitrogens with zero attached hydrogens (tertiary/aromatic N) is 2. The van der Waals surface area contributed by atoms with E-state index in [4.69, 9.17) is 4.74 Å². The number of carbonyl (C=O) groups is 1. The summed E-state index contributed by atoms with van der Waals surface area (Å²) < 4.78 is 32.8. The van der Waals surface area contributed by atoms with Crippen molar-refractivity contribution in [3.05, 3.63) is 78.6 Å². The molecule has 3 aromatic rings. The van der Waals surface area contributed by atoms with Crippen LogP contribution in [0, 0.1) is 0 Å². The number of carbonyl (C=O) groups excluding carboxylic acids is 1. The van der Waals surface area contributed by atoms with Gasteiger partial charge in [-0.3, -0.25) is 4.79 Å². The van der Waals surface area contributed by atoms with Crippen LogP contribution in [0.1, 0.15) is 18.9 Å². The molecule has 1 heterocycles. The highest BCUT2D eigenvalue weighted by atomic mass is 32.2. The molecule has 0 aliphatic rings. The van der Waals surface area contributed by atoms with Crippen LogP contribution in [-0.4, -0.2) is 30.9 Å². The molecule has 1 amide bonds. The van der Waals surface area contributed by atoms with E-state index in [1.807, 2.05) is 31.2 Å². The maximum atomic E-state index is 12.4. The Morgan fingerprint density at radius 2 is 1.74 bits per heavy atom. The van der Waals surface area contributed by atoms with Gasteiger partial charge in [0.25, 0.3) is 10.0 Å². The van der Waals surface area contributed by atoms with Gasteiger partial charge in [0.1, 0.15) is 5.75 Å². The van der Waals surface area contributed by atoms with Gasteiger partial charge in [0, 0.05) is 29.7 Å². The highest BCUT2D eigenvalue weighted by molar-refractivity contribution is 7.92. The highest BCUT2D eigenvalue weighted by Crippen LogP contribution is 2.20. The molecule has 0 spiro atoms. The molecule has 0 saturated carbocycles. The van der Waals surface area contributed by atoms with Gasteiger partial charge in [-0.05, 0) is 48.9 Å². The second-order valence-electron chi connectivity index (χ2n) is 6.41. The van der Waals surface area contributed by atoms with Gasteiger partial charge in [-0.2, -0.15) is 0 Å². The fourth-order valence-electron chi connectivity index (χ4n) is 2.56. The van der Waals surface area contributed by atoms with Crippen LogP contribution in [0.4, 0.5) is 11.6 Å². The molecule has 31 heavy (non-hydrogen) atoms. The van der Waals surface area contributed by atoms with Gasteiger partial charge in [-0.15, -0.1) is 0 Å². The Kier molecular flexibility index (Phi) is 7.34. The van der Waals surface area contributed by atoms with Crippen LogP contribution in [0.5, 0.6) is 5.75 Å². The standard InChI is InChI=1S/C22H22N4O4S/c1-2-16-30-20-7-4-3-6-17(20)8-13-21(27)25-18-9-11-19(12-10-18)31(28,29)26-22-23-14-5-15-24-22/h3-15H,2,16H2,1H3,(H,25,27)(H,23,24,26)/b13-8+. The minimum absolute atomic E-state index is 0.0202. The summed E-state index contributed by atoms with van der Waals surface area (Å²) in [5.41, 5.74) is 1.25. The Morgan fingerprint density at radius 1 is 1.03 bits per heavy atom. The maximum absolute atomic E-state index is 12.4. The second kappa shape index (κ2) is 10.4. The van der Waals surface area contributed by atoms with Crippen molar-refractivity contribution in [2.45, 2.75) is 18.2 Å². The smallest absolute Gasteiger partial charge is 0.264 e. The van der Waals surface area contributed by atoms with E-state index in [0.29, 0.717) is 18.0 Å². The largest absolute Gasteiger partial charge is 0.493 e. The van der Waals surface area contributed by atoms with Gasteiger partial charge in [0.05, 0.1) is 11.5 Å². The van der Waals surface area contributed by atoms with Gasteiger partial charge in [0.2, 0.25) is 11.9 Å². The van der Waals surface area contributed by atoms with E-state index in [2.05, 4.69) is 20.0 Å². The number of benzene rings is 2. The van der Waals surface area contributed by atoms with Gasteiger partial charge < -0.3 is 10.1 Å². The summed E-state index contributed by atoms with van der Waals surface area (Å²) in [6, 6.07) is 14.8. The number of rotatable bonds is 9. The summed E-state index contributed by atoms with van der Waals surface area (Å²) in [6.07, 6.45) is 6.82. The monoisotopic (exact) mass is 438 g/mol. The lowest BCUT2D eigenvalue weighted by molar-refractivity contribution is -0.111. The third-order valence-corrected chi connectivity index (χ3v) is 5.36. The van der Waals surface area contributed by atoms with Gasteiger partial charge in [-0.25, -0.2) is 23.1 Å². The lowest BCUT2D eigenvalue weighted by Crippen LogP contribution is -2.15. The molecule has 0 aliphatic carbocycles. The van der Waals surface area contributed by atoms with E-state index in [0.717, 1.165) is 12.0 Å². The molecular formula is C22H22N4O4S. The molecule has 0 fully saturated rings. The molecule has 160 valence electrons. The number of anilines is 2. The van der Waals surface area contributed by atoms with Crippen molar-refractivity contribution in [1.82, 2.24) is 9.97 Å². The van der Waals surface area contributed by atoms with E-state index in [-0.39, 0.29) is 16.8 Å². The molecule has 0 atom stereocenters. The molecule has 0 aliphatic heterocycles. The number of amides is 1. The van der Waals surface area contributed by atoms with Crippen LogP contribution >= 0.6 is 0 Å². The van der Waals surface area contributed by atoms with Crippen LogP contribution in [-0.2, 0) is 14.8 Å². The first kappa shape index (κ1) is 22.0. The van der Waals surface area contributed by atoms with Crippen molar-refractivity contribution in [2.75, 3.05) is 16.6 Å². The Hall–Kier alpha value is -3.72. The molecule has 8 nitrogen and oxygen atoms in total. The van der Waals surface area contributed by atoms with Gasteiger partial charge >= 0.3 is 0 Å². The van der Waals surface area contributed by atoms with Crippen LogP contribution < -0.4 is 14.8 Å². The molecule has 2 aromatic carbocycles. The van der Waals surface area contributed by atoms with E-state index in [9.17, 15) is 13.2 Å². The molecule has 0 saturated heterocycles. The molecule has 2 N–H and O–H groups in total. The number of aromatic nitrogens is 2. The zero-order valence-corrected chi connectivity index (χ0v) is 17.7. The topological polar surface area (TPSA) is 110 Å². The van der Waals surface area contributed by atoms with Crippen LogP contribution in [0.2, 0.25) is 0 Å². The minimum atomic E-state index is -3.83. The lowest BCUT2D eigenvalue weighted by Gasteiger charge is -2.08. The van der Waals surface area contributed by atoms with Crippen molar-refractivity contribution >= 4 is 33.6 Å². The number of ether oxygens (including phenoxy) is 1. The first-order valence-corrected chi connectivity index (χ1v) is 11.1. The number of hydrogen-bond acceptors (Lipinski definition) is 6. The number of sulfonamides is 1. The average Bonchev–Trinajstić information content (AvgIpc) is 2.77.